The molecular formula is C14H25NO5S. The summed E-state index contributed by atoms with van der Waals surface area (Å²) in [5.74, 6) is -1.17. The molecule has 0 atom stereocenters. The third-order valence-corrected chi connectivity index (χ3v) is 5.45. The van der Waals surface area contributed by atoms with Gasteiger partial charge in [0.1, 0.15) is 9.84 Å². The molecule has 0 aromatic rings. The van der Waals surface area contributed by atoms with Crippen LogP contribution in [0.5, 0.6) is 0 Å². The average Bonchev–Trinajstić information content (AvgIpc) is 3.03. The second-order valence-electron chi connectivity index (χ2n) is 6.35. The third kappa shape index (κ3) is 5.65. The minimum Gasteiger partial charge on any atom is -0.481 e. The first-order valence-corrected chi connectivity index (χ1v) is 9.32. The van der Waals surface area contributed by atoms with Gasteiger partial charge in [0.05, 0.1) is 12.2 Å². The molecule has 6 nitrogen and oxygen atoms in total. The zero-order chi connectivity index (χ0) is 16.3. The van der Waals surface area contributed by atoms with Crippen molar-refractivity contribution in [2.45, 2.75) is 57.9 Å². The third-order valence-electron chi connectivity index (χ3n) is 4.31. The molecular weight excluding hydrogens is 294 g/mol. The molecule has 21 heavy (non-hydrogen) atoms. The largest absolute Gasteiger partial charge is 0.481 e. The maximum Gasteiger partial charge on any atom is 0.305 e. The molecule has 0 heterocycles. The van der Waals surface area contributed by atoms with E-state index in [0.717, 1.165) is 12.8 Å². The number of carbonyl (C=O) groups is 2. The van der Waals surface area contributed by atoms with Gasteiger partial charge in [-0.2, -0.15) is 0 Å². The van der Waals surface area contributed by atoms with Gasteiger partial charge in [0.15, 0.2) is 0 Å². The predicted octanol–water partition coefficient (Wildman–Crippen LogP) is 1.35. The van der Waals surface area contributed by atoms with E-state index in [1.807, 2.05) is 13.8 Å². The maximum absolute atomic E-state index is 12.2. The van der Waals surface area contributed by atoms with Crippen LogP contribution in [0.1, 0.15) is 52.4 Å². The summed E-state index contributed by atoms with van der Waals surface area (Å²) in [6.07, 6.45) is 3.74. The van der Waals surface area contributed by atoms with E-state index >= 15 is 0 Å². The highest BCUT2D eigenvalue weighted by atomic mass is 32.2. The molecule has 1 rings (SSSR count). The number of hydrogen-bond donors (Lipinski definition) is 2. The van der Waals surface area contributed by atoms with Crippen LogP contribution in [0.15, 0.2) is 0 Å². The van der Waals surface area contributed by atoms with Crippen LogP contribution in [0.3, 0.4) is 0 Å². The van der Waals surface area contributed by atoms with E-state index in [4.69, 9.17) is 5.11 Å². The van der Waals surface area contributed by atoms with Crippen LogP contribution in [-0.4, -0.2) is 42.9 Å². The fraction of sp³-hybridized carbons (Fsp3) is 0.857. The second-order valence-corrected chi connectivity index (χ2v) is 8.49. The van der Waals surface area contributed by atoms with Crippen LogP contribution in [0.4, 0.5) is 0 Å². The van der Waals surface area contributed by atoms with Crippen molar-refractivity contribution in [2.24, 2.45) is 5.41 Å². The number of carbonyl (C=O) groups excluding carboxylic acids is 1. The number of carboxylic acids is 1. The van der Waals surface area contributed by atoms with Gasteiger partial charge in [0.25, 0.3) is 0 Å². The highest BCUT2D eigenvalue weighted by molar-refractivity contribution is 7.90. The first kappa shape index (κ1) is 17.9. The Morgan fingerprint density at radius 3 is 2.10 bits per heavy atom. The fourth-order valence-electron chi connectivity index (χ4n) is 2.80. The van der Waals surface area contributed by atoms with Gasteiger partial charge in [-0.1, -0.05) is 13.8 Å². The Morgan fingerprint density at radius 1 is 1.24 bits per heavy atom. The highest BCUT2D eigenvalue weighted by Crippen LogP contribution is 2.49. The van der Waals surface area contributed by atoms with Gasteiger partial charge < -0.3 is 10.4 Å². The molecule has 122 valence electrons. The van der Waals surface area contributed by atoms with Gasteiger partial charge in [-0.05, 0) is 31.1 Å². The first-order chi connectivity index (χ1) is 9.55. The molecule has 0 aromatic heterocycles. The first-order valence-electron chi connectivity index (χ1n) is 7.26. The van der Waals surface area contributed by atoms with E-state index in [2.05, 4.69) is 5.32 Å². The Hall–Kier alpha value is -1.11. The summed E-state index contributed by atoms with van der Waals surface area (Å²) in [6, 6.07) is 0. The molecule has 7 heteroatoms. The number of hydrogen-bond acceptors (Lipinski definition) is 4. The minimum atomic E-state index is -3.11. The number of nitrogens with one attached hydrogen (secondary N) is 1. The summed E-state index contributed by atoms with van der Waals surface area (Å²) in [6.45, 7) is 3.69. The van der Waals surface area contributed by atoms with Gasteiger partial charge in [-0.15, -0.1) is 0 Å². The molecule has 1 aliphatic carbocycles. The fourth-order valence-corrected chi connectivity index (χ4v) is 4.30. The highest BCUT2D eigenvalue weighted by Gasteiger charge is 2.47. The Labute approximate surface area is 126 Å². The summed E-state index contributed by atoms with van der Waals surface area (Å²) >= 11 is 0. The smallest absolute Gasteiger partial charge is 0.305 e. The lowest BCUT2D eigenvalue weighted by Crippen LogP contribution is -2.49. The monoisotopic (exact) mass is 319 g/mol. The minimum absolute atomic E-state index is 0.0254. The van der Waals surface area contributed by atoms with E-state index in [0.29, 0.717) is 12.8 Å². The van der Waals surface area contributed by atoms with Crippen molar-refractivity contribution in [1.82, 2.24) is 5.32 Å². The number of rotatable bonds is 9. The lowest BCUT2D eigenvalue weighted by atomic mass is 9.88. The number of carboxylic acid groups (broad SMARTS) is 1. The predicted molar refractivity (Wildman–Crippen MR) is 79.7 cm³/mol. The molecule has 0 spiro atoms. The van der Waals surface area contributed by atoms with Crippen molar-refractivity contribution in [3.05, 3.63) is 0 Å². The summed E-state index contributed by atoms with van der Waals surface area (Å²) in [7, 11) is -3.11. The molecule has 1 fully saturated rings. The molecule has 1 aliphatic rings. The van der Waals surface area contributed by atoms with Crippen LogP contribution in [0.25, 0.3) is 0 Å². The van der Waals surface area contributed by atoms with Gasteiger partial charge in [0, 0.05) is 18.2 Å². The van der Waals surface area contributed by atoms with Crippen LogP contribution in [0.2, 0.25) is 0 Å². The molecule has 1 amide bonds. The maximum atomic E-state index is 12.2. The van der Waals surface area contributed by atoms with E-state index in [-0.39, 0.29) is 24.5 Å². The Balaban J connectivity index is 2.69. The molecule has 0 aliphatic heterocycles. The van der Waals surface area contributed by atoms with Crippen LogP contribution in [0, 0.1) is 5.41 Å². The molecule has 0 unspecified atom stereocenters. The molecule has 0 aromatic carbocycles. The lowest BCUT2D eigenvalue weighted by Gasteiger charge is -2.32. The summed E-state index contributed by atoms with van der Waals surface area (Å²) in [4.78, 5) is 23.2. The molecule has 0 radical (unpaired) electrons. The van der Waals surface area contributed by atoms with Gasteiger partial charge in [0.2, 0.25) is 5.91 Å². The second kappa shape index (κ2) is 6.34. The van der Waals surface area contributed by atoms with Crippen molar-refractivity contribution < 1.29 is 23.1 Å². The standard InChI is InChI=1S/C14H25NO5S/c1-4-14(5-2,9-12(17)18)15-11(16)8-13(6-7-13)10-21(3,19)20/h4-10H2,1-3H3,(H,15,16)(H,17,18). The lowest BCUT2D eigenvalue weighted by molar-refractivity contribution is -0.139. The van der Waals surface area contributed by atoms with Crippen LogP contribution in [-0.2, 0) is 19.4 Å². The zero-order valence-corrected chi connectivity index (χ0v) is 13.8. The zero-order valence-electron chi connectivity index (χ0n) is 12.9. The molecule has 1 saturated carbocycles. The number of aliphatic carboxylic acids is 1. The number of amides is 1. The van der Waals surface area contributed by atoms with E-state index in [9.17, 15) is 18.0 Å². The quantitative estimate of drug-likeness (QED) is 0.668. The number of sulfone groups is 1. The Bertz CT molecular complexity index is 503. The molecule has 2 N–H and O–H groups in total. The Morgan fingerprint density at radius 2 is 1.76 bits per heavy atom. The van der Waals surface area contributed by atoms with Crippen LogP contribution < -0.4 is 5.32 Å². The van der Waals surface area contributed by atoms with E-state index in [1.165, 1.54) is 6.26 Å². The van der Waals surface area contributed by atoms with Gasteiger partial charge in [-0.3, -0.25) is 9.59 Å². The molecule has 0 saturated heterocycles. The Kier molecular flexibility index (Phi) is 5.41. The molecule has 0 bridgehead atoms. The van der Waals surface area contributed by atoms with Crippen molar-refractivity contribution in [2.75, 3.05) is 12.0 Å². The summed E-state index contributed by atoms with van der Waals surface area (Å²) in [5, 5.41) is 11.8. The average molecular weight is 319 g/mol. The SMILES string of the molecule is CCC(CC)(CC(=O)O)NC(=O)CC1(CS(C)(=O)=O)CC1. The normalized spacial score (nSPS) is 17.3. The van der Waals surface area contributed by atoms with Crippen molar-refractivity contribution >= 4 is 21.7 Å². The van der Waals surface area contributed by atoms with Crippen molar-refractivity contribution in [3.8, 4) is 0 Å². The topological polar surface area (TPSA) is 101 Å². The van der Waals surface area contributed by atoms with Gasteiger partial charge >= 0.3 is 5.97 Å². The van der Waals surface area contributed by atoms with E-state index < -0.39 is 26.8 Å². The summed E-state index contributed by atoms with van der Waals surface area (Å²) < 4.78 is 22.8. The van der Waals surface area contributed by atoms with Gasteiger partial charge in [-0.25, -0.2) is 8.42 Å². The van der Waals surface area contributed by atoms with Crippen molar-refractivity contribution in [1.29, 1.82) is 0 Å². The van der Waals surface area contributed by atoms with E-state index in [1.54, 1.807) is 0 Å². The van der Waals surface area contributed by atoms with Crippen molar-refractivity contribution in [3.63, 3.8) is 0 Å². The van der Waals surface area contributed by atoms with Crippen LogP contribution >= 0.6 is 0 Å². The summed E-state index contributed by atoms with van der Waals surface area (Å²) in [5.41, 5.74) is -1.18.